The van der Waals surface area contributed by atoms with E-state index < -0.39 is 0 Å². The quantitative estimate of drug-likeness (QED) is 0.558. The molecule has 0 spiro atoms. The lowest BCUT2D eigenvalue weighted by atomic mass is 9.99. The summed E-state index contributed by atoms with van der Waals surface area (Å²) in [5.41, 5.74) is 1.27. The van der Waals surface area contributed by atoms with E-state index in [2.05, 4.69) is 25.0 Å². The van der Waals surface area contributed by atoms with Crippen molar-refractivity contribution < 1.29 is 0 Å². The van der Waals surface area contributed by atoms with Gasteiger partial charge in [0.1, 0.15) is 0 Å². The molecular weight excluding hydrogens is 132 g/mol. The fourth-order valence-corrected chi connectivity index (χ4v) is 0.997. The molecule has 0 amide bonds. The second-order valence-electron chi connectivity index (χ2n) is 2.53. The van der Waals surface area contributed by atoms with Crippen LogP contribution in [0.3, 0.4) is 0 Å². The van der Waals surface area contributed by atoms with Gasteiger partial charge >= 0.3 is 0 Å². The van der Waals surface area contributed by atoms with Gasteiger partial charge < -0.3 is 0 Å². The van der Waals surface area contributed by atoms with E-state index in [-0.39, 0.29) is 0 Å². The average molecular weight is 143 g/mol. The molecule has 0 nitrogen and oxygen atoms in total. The van der Waals surface area contributed by atoms with Crippen LogP contribution in [0.25, 0.3) is 0 Å². The standard InChI is InChI=1S/C11H11/c1-3-7-10(2)11-8-5-4-6-9-11/h1,4-10H,2H3. The minimum absolute atomic E-state index is 0.362. The normalized spacial score (nSPS) is 12.0. The molecule has 1 aromatic carbocycles. The smallest absolute Gasteiger partial charge is 0.0409 e. The first-order chi connectivity index (χ1) is 5.34. The molecule has 0 saturated heterocycles. The van der Waals surface area contributed by atoms with Gasteiger partial charge in [0.25, 0.3) is 0 Å². The van der Waals surface area contributed by atoms with Crippen LogP contribution in [0.4, 0.5) is 0 Å². The first-order valence-electron chi connectivity index (χ1n) is 3.69. The molecule has 0 fully saturated rings. The van der Waals surface area contributed by atoms with Crippen molar-refractivity contribution in [3.8, 4) is 12.3 Å². The van der Waals surface area contributed by atoms with Crippen LogP contribution in [-0.4, -0.2) is 0 Å². The fraction of sp³-hybridized carbons (Fsp3) is 0.182. The third-order valence-electron chi connectivity index (χ3n) is 1.67. The Morgan fingerprint density at radius 2 is 2.00 bits per heavy atom. The second-order valence-corrected chi connectivity index (χ2v) is 2.53. The maximum Gasteiger partial charge on any atom is 0.0409 e. The lowest BCUT2D eigenvalue weighted by Gasteiger charge is -2.05. The van der Waals surface area contributed by atoms with Crippen molar-refractivity contribution in [1.29, 1.82) is 0 Å². The van der Waals surface area contributed by atoms with Gasteiger partial charge in [-0.25, -0.2) is 0 Å². The van der Waals surface area contributed by atoms with E-state index >= 15 is 0 Å². The SMILES string of the molecule is C#C[CH]C(C)c1ccccc1. The monoisotopic (exact) mass is 143 g/mol. The predicted molar refractivity (Wildman–Crippen MR) is 48.0 cm³/mol. The summed E-state index contributed by atoms with van der Waals surface area (Å²) in [7, 11) is 0. The molecule has 0 aliphatic rings. The van der Waals surface area contributed by atoms with Crippen molar-refractivity contribution in [3.63, 3.8) is 0 Å². The zero-order valence-corrected chi connectivity index (χ0v) is 6.62. The lowest BCUT2D eigenvalue weighted by molar-refractivity contribution is 0.926. The Balaban J connectivity index is 2.70. The van der Waals surface area contributed by atoms with Gasteiger partial charge in [0, 0.05) is 6.42 Å². The summed E-state index contributed by atoms with van der Waals surface area (Å²) in [6.07, 6.45) is 7.02. The molecule has 0 N–H and O–H groups in total. The summed E-state index contributed by atoms with van der Waals surface area (Å²) < 4.78 is 0. The van der Waals surface area contributed by atoms with E-state index in [1.165, 1.54) is 5.56 Å². The Hall–Kier alpha value is -1.22. The van der Waals surface area contributed by atoms with Crippen LogP contribution in [0.15, 0.2) is 30.3 Å². The average Bonchev–Trinajstić information content (AvgIpc) is 2.07. The van der Waals surface area contributed by atoms with E-state index in [0.717, 1.165) is 0 Å². The molecule has 0 bridgehead atoms. The minimum Gasteiger partial charge on any atom is -0.120 e. The molecular formula is C11H11. The largest absolute Gasteiger partial charge is 0.120 e. The third-order valence-corrected chi connectivity index (χ3v) is 1.67. The van der Waals surface area contributed by atoms with Crippen molar-refractivity contribution in [3.05, 3.63) is 42.3 Å². The second kappa shape index (κ2) is 3.83. The van der Waals surface area contributed by atoms with Crippen LogP contribution in [-0.2, 0) is 0 Å². The van der Waals surface area contributed by atoms with Gasteiger partial charge in [0.15, 0.2) is 0 Å². The molecule has 1 rings (SSSR count). The molecule has 1 radical (unpaired) electrons. The Labute approximate surface area is 68.3 Å². The summed E-state index contributed by atoms with van der Waals surface area (Å²) in [5, 5.41) is 0. The number of hydrogen-bond donors (Lipinski definition) is 0. The number of rotatable bonds is 2. The number of benzene rings is 1. The molecule has 0 saturated carbocycles. The molecule has 0 aromatic heterocycles. The van der Waals surface area contributed by atoms with E-state index in [0.29, 0.717) is 5.92 Å². The molecule has 0 aliphatic carbocycles. The molecule has 55 valence electrons. The molecule has 1 atom stereocenters. The van der Waals surface area contributed by atoms with Gasteiger partial charge in [-0.05, 0) is 11.5 Å². The molecule has 11 heavy (non-hydrogen) atoms. The summed E-state index contributed by atoms with van der Waals surface area (Å²) in [6.45, 7) is 2.09. The highest BCUT2D eigenvalue weighted by Crippen LogP contribution is 2.16. The zero-order valence-electron chi connectivity index (χ0n) is 6.62. The minimum atomic E-state index is 0.362. The summed E-state index contributed by atoms with van der Waals surface area (Å²) in [4.78, 5) is 0. The fourth-order valence-electron chi connectivity index (χ4n) is 0.997. The molecule has 0 aliphatic heterocycles. The Morgan fingerprint density at radius 3 is 2.55 bits per heavy atom. The van der Waals surface area contributed by atoms with Crippen LogP contribution in [0, 0.1) is 18.8 Å². The van der Waals surface area contributed by atoms with Gasteiger partial charge in [0.05, 0.1) is 0 Å². The van der Waals surface area contributed by atoms with Gasteiger partial charge in [-0.15, -0.1) is 12.3 Å². The maximum absolute atomic E-state index is 5.16. The zero-order chi connectivity index (χ0) is 8.10. The van der Waals surface area contributed by atoms with Crippen LogP contribution >= 0.6 is 0 Å². The third kappa shape index (κ3) is 2.13. The predicted octanol–water partition coefficient (Wildman–Crippen LogP) is 2.63. The van der Waals surface area contributed by atoms with Crippen molar-refractivity contribution in [2.45, 2.75) is 12.8 Å². The molecule has 0 heterocycles. The highest BCUT2D eigenvalue weighted by Gasteiger charge is 2.01. The Morgan fingerprint density at radius 1 is 1.36 bits per heavy atom. The van der Waals surface area contributed by atoms with Crippen molar-refractivity contribution in [2.24, 2.45) is 0 Å². The van der Waals surface area contributed by atoms with Crippen LogP contribution in [0.1, 0.15) is 18.4 Å². The topological polar surface area (TPSA) is 0 Å². The maximum atomic E-state index is 5.16. The van der Waals surface area contributed by atoms with Crippen molar-refractivity contribution in [2.75, 3.05) is 0 Å². The first-order valence-corrected chi connectivity index (χ1v) is 3.69. The van der Waals surface area contributed by atoms with Crippen molar-refractivity contribution in [1.82, 2.24) is 0 Å². The van der Waals surface area contributed by atoms with Crippen LogP contribution < -0.4 is 0 Å². The van der Waals surface area contributed by atoms with Gasteiger partial charge in [-0.3, -0.25) is 0 Å². The van der Waals surface area contributed by atoms with Crippen LogP contribution in [0.5, 0.6) is 0 Å². The summed E-state index contributed by atoms with van der Waals surface area (Å²) in [6, 6.07) is 10.2. The summed E-state index contributed by atoms with van der Waals surface area (Å²) >= 11 is 0. The molecule has 0 heteroatoms. The van der Waals surface area contributed by atoms with Gasteiger partial charge in [0.2, 0.25) is 0 Å². The highest BCUT2D eigenvalue weighted by atomic mass is 14.0. The Bertz CT molecular complexity index is 240. The van der Waals surface area contributed by atoms with Crippen molar-refractivity contribution >= 4 is 0 Å². The van der Waals surface area contributed by atoms with E-state index in [1.807, 2.05) is 24.6 Å². The lowest BCUT2D eigenvalue weighted by Crippen LogP contribution is -1.91. The van der Waals surface area contributed by atoms with Crippen LogP contribution in [0.2, 0.25) is 0 Å². The number of hydrogen-bond acceptors (Lipinski definition) is 0. The van der Waals surface area contributed by atoms with Gasteiger partial charge in [-0.1, -0.05) is 37.3 Å². The first kappa shape index (κ1) is 7.88. The van der Waals surface area contributed by atoms with Gasteiger partial charge in [-0.2, -0.15) is 0 Å². The van der Waals surface area contributed by atoms with E-state index in [4.69, 9.17) is 6.42 Å². The highest BCUT2D eigenvalue weighted by molar-refractivity contribution is 5.25. The van der Waals surface area contributed by atoms with E-state index in [9.17, 15) is 0 Å². The Kier molecular flexibility index (Phi) is 2.74. The number of terminal acetylenes is 1. The van der Waals surface area contributed by atoms with E-state index in [1.54, 1.807) is 0 Å². The summed E-state index contributed by atoms with van der Waals surface area (Å²) in [5.74, 6) is 2.90. The molecule has 1 aromatic rings. The molecule has 1 unspecified atom stereocenters.